The molecule has 2 aromatic heterocycles. The fourth-order valence-electron chi connectivity index (χ4n) is 7.46. The molecule has 9 rings (SSSR count). The largest absolute Gasteiger partial charge is 0.455 e. The van der Waals surface area contributed by atoms with Crippen molar-refractivity contribution in [3.63, 3.8) is 0 Å². The van der Waals surface area contributed by atoms with Crippen LogP contribution in [0.3, 0.4) is 0 Å². The quantitative estimate of drug-likeness (QED) is 0.157. The van der Waals surface area contributed by atoms with Crippen LogP contribution in [0.25, 0.3) is 83.6 Å². The van der Waals surface area contributed by atoms with Crippen molar-refractivity contribution in [1.29, 1.82) is 0 Å². The summed E-state index contributed by atoms with van der Waals surface area (Å²) in [5.74, 6) is 1.83. The van der Waals surface area contributed by atoms with Crippen LogP contribution in [0.2, 0.25) is 0 Å². The molecule has 0 spiro atoms. The highest BCUT2D eigenvalue weighted by Crippen LogP contribution is 2.47. The highest BCUT2D eigenvalue weighted by atomic mass is 16.3. The second-order valence-electron chi connectivity index (χ2n) is 13.8. The number of para-hydroxylation sites is 1. The van der Waals surface area contributed by atoms with Gasteiger partial charge in [-0.15, -0.1) is 0 Å². The Hall–Kier alpha value is -6.65. The fraction of sp³-hybridized carbons (Fsp3) is 0.0816. The number of benzene rings is 6. The Balaban J connectivity index is 1.26. The van der Waals surface area contributed by atoms with Crippen LogP contribution < -0.4 is 0 Å². The van der Waals surface area contributed by atoms with Gasteiger partial charge in [-0.3, -0.25) is 0 Å². The third-order valence-electron chi connectivity index (χ3n) is 10.3. The van der Waals surface area contributed by atoms with Gasteiger partial charge in [-0.05, 0) is 59.0 Å². The lowest BCUT2D eigenvalue weighted by atomic mass is 9.73. The summed E-state index contributed by atoms with van der Waals surface area (Å²) in [5, 5.41) is 4.33. The van der Waals surface area contributed by atoms with Crippen LogP contribution in [0.5, 0.6) is 0 Å². The number of hydrogen-bond donors (Lipinski definition) is 0. The Bertz CT molecular complexity index is 2770. The van der Waals surface area contributed by atoms with E-state index < -0.39 is 0 Å². The van der Waals surface area contributed by atoms with Gasteiger partial charge in [-0.25, -0.2) is 15.0 Å². The molecule has 4 nitrogen and oxygen atoms in total. The summed E-state index contributed by atoms with van der Waals surface area (Å²) < 4.78 is 6.78. The predicted molar refractivity (Wildman–Crippen MR) is 220 cm³/mol. The Morgan fingerprint density at radius 2 is 1.26 bits per heavy atom. The molecule has 0 fully saturated rings. The molecule has 1 aliphatic rings. The maximum Gasteiger partial charge on any atom is 0.164 e. The second kappa shape index (κ2) is 13.5. The normalized spacial score (nSPS) is 16.0. The summed E-state index contributed by atoms with van der Waals surface area (Å²) in [5.41, 5.74) is 8.78. The maximum atomic E-state index is 6.78. The van der Waals surface area contributed by atoms with Crippen LogP contribution in [0.4, 0.5) is 0 Å². The van der Waals surface area contributed by atoms with Crippen molar-refractivity contribution in [3.8, 4) is 45.3 Å². The zero-order valence-corrected chi connectivity index (χ0v) is 29.7. The molecule has 1 atom stereocenters. The average Bonchev–Trinajstić information content (AvgIpc) is 3.61. The topological polar surface area (TPSA) is 51.8 Å². The van der Waals surface area contributed by atoms with Crippen molar-refractivity contribution in [2.45, 2.75) is 20.3 Å². The lowest BCUT2D eigenvalue weighted by Gasteiger charge is -2.31. The van der Waals surface area contributed by atoms with Gasteiger partial charge < -0.3 is 4.42 Å². The predicted octanol–water partition coefficient (Wildman–Crippen LogP) is 13.1. The lowest BCUT2D eigenvalue weighted by Crippen LogP contribution is -2.17. The van der Waals surface area contributed by atoms with E-state index in [0.717, 1.165) is 61.6 Å². The average molecular weight is 684 g/mol. The van der Waals surface area contributed by atoms with E-state index in [1.165, 1.54) is 16.5 Å². The molecule has 0 N–H and O–H groups in total. The molecule has 4 heteroatoms. The molecular formula is C49H37N3O. The molecule has 6 aromatic carbocycles. The number of nitrogens with zero attached hydrogens (tertiary/aromatic N) is 3. The van der Waals surface area contributed by atoms with Gasteiger partial charge in [0, 0.05) is 38.4 Å². The van der Waals surface area contributed by atoms with Gasteiger partial charge >= 0.3 is 0 Å². The molecule has 0 saturated carbocycles. The first kappa shape index (κ1) is 32.3. The van der Waals surface area contributed by atoms with Crippen LogP contribution in [0.1, 0.15) is 25.8 Å². The van der Waals surface area contributed by atoms with Gasteiger partial charge in [0.25, 0.3) is 0 Å². The fourth-order valence-corrected chi connectivity index (χ4v) is 7.46. The van der Waals surface area contributed by atoms with Crippen molar-refractivity contribution in [2.24, 2.45) is 5.41 Å². The first-order chi connectivity index (χ1) is 26.1. The lowest BCUT2D eigenvalue weighted by molar-refractivity contribution is 0.577. The molecule has 0 aliphatic heterocycles. The molecule has 0 bridgehead atoms. The number of allylic oxidation sites excluding steroid dienone is 8. The van der Waals surface area contributed by atoms with Gasteiger partial charge in [0.1, 0.15) is 11.2 Å². The number of rotatable bonds is 7. The number of furan rings is 1. The van der Waals surface area contributed by atoms with Crippen LogP contribution in [0, 0.1) is 5.41 Å². The number of hydrogen-bond acceptors (Lipinski definition) is 4. The van der Waals surface area contributed by atoms with Crippen LogP contribution in [-0.2, 0) is 0 Å². The van der Waals surface area contributed by atoms with Gasteiger partial charge in [0.2, 0.25) is 0 Å². The molecule has 2 heterocycles. The maximum absolute atomic E-state index is 6.78. The third kappa shape index (κ3) is 5.98. The summed E-state index contributed by atoms with van der Waals surface area (Å²) in [6.45, 7) is 4.33. The van der Waals surface area contributed by atoms with Crippen LogP contribution >= 0.6 is 0 Å². The molecule has 254 valence electrons. The van der Waals surface area contributed by atoms with E-state index in [-0.39, 0.29) is 5.41 Å². The Kier molecular flexibility index (Phi) is 8.21. The van der Waals surface area contributed by atoms with Gasteiger partial charge in [-0.2, -0.15) is 0 Å². The zero-order valence-electron chi connectivity index (χ0n) is 29.7. The van der Waals surface area contributed by atoms with E-state index in [0.29, 0.717) is 17.5 Å². The Morgan fingerprint density at radius 3 is 2.09 bits per heavy atom. The molecular weight excluding hydrogens is 647 g/mol. The Labute approximate surface area is 309 Å². The third-order valence-corrected chi connectivity index (χ3v) is 10.3. The van der Waals surface area contributed by atoms with Crippen LogP contribution in [-0.4, -0.2) is 15.0 Å². The number of fused-ring (bicyclic) bond motifs is 4. The first-order valence-corrected chi connectivity index (χ1v) is 18.1. The van der Waals surface area contributed by atoms with Crippen molar-refractivity contribution < 1.29 is 4.42 Å². The van der Waals surface area contributed by atoms with Gasteiger partial charge in [0.05, 0.1) is 0 Å². The molecule has 53 heavy (non-hydrogen) atoms. The van der Waals surface area contributed by atoms with Crippen molar-refractivity contribution >= 4 is 38.3 Å². The number of aromatic nitrogens is 3. The summed E-state index contributed by atoms with van der Waals surface area (Å²) >= 11 is 0. The minimum Gasteiger partial charge on any atom is -0.455 e. The van der Waals surface area contributed by atoms with E-state index in [1.807, 2.05) is 25.1 Å². The molecule has 1 unspecified atom stereocenters. The molecule has 0 amide bonds. The minimum atomic E-state index is -0.211. The monoisotopic (exact) mass is 683 g/mol. The second-order valence-corrected chi connectivity index (χ2v) is 13.8. The SMILES string of the molecule is C/C=C\C=C/C1(C)CC=CC=C1c1ccc(-c2nc(-c3ccc(-c4ccccc4)cc3)nc(-c3ccc4ccccc4c3)n2)c2c1oc1ccccc12. The smallest absolute Gasteiger partial charge is 0.164 e. The standard InChI is InChI=1S/C49H37N3O/c1-3-4-13-30-49(2)31-14-12-20-42(49)39-28-29-41(44-40-19-10-11-21-43(40)53-45(39)44)48-51-46(36-25-22-35(23-26-36)33-15-6-5-7-16-33)50-47(52-48)38-27-24-34-17-8-9-18-37(34)32-38/h3-30,32H,31H2,1-2H3/b4-3-,30-13-. The van der Waals surface area contributed by atoms with E-state index in [4.69, 9.17) is 19.4 Å². The van der Waals surface area contributed by atoms with E-state index in [2.05, 4.69) is 165 Å². The molecule has 0 radical (unpaired) electrons. The van der Waals surface area contributed by atoms with E-state index in [9.17, 15) is 0 Å². The zero-order chi connectivity index (χ0) is 35.8. The van der Waals surface area contributed by atoms with Crippen molar-refractivity contribution in [1.82, 2.24) is 15.0 Å². The summed E-state index contributed by atoms with van der Waals surface area (Å²) in [7, 11) is 0. The first-order valence-electron chi connectivity index (χ1n) is 18.1. The van der Waals surface area contributed by atoms with Crippen molar-refractivity contribution in [3.05, 3.63) is 182 Å². The van der Waals surface area contributed by atoms with Crippen molar-refractivity contribution in [2.75, 3.05) is 0 Å². The highest BCUT2D eigenvalue weighted by molar-refractivity contribution is 6.15. The Morgan fingerprint density at radius 1 is 0.604 bits per heavy atom. The van der Waals surface area contributed by atoms with E-state index in [1.54, 1.807) is 0 Å². The minimum absolute atomic E-state index is 0.211. The van der Waals surface area contributed by atoms with Gasteiger partial charge in [0.15, 0.2) is 17.5 Å². The molecule has 8 aromatic rings. The summed E-state index contributed by atoms with van der Waals surface area (Å²) in [4.78, 5) is 15.5. The van der Waals surface area contributed by atoms with Crippen LogP contribution in [0.15, 0.2) is 180 Å². The highest BCUT2D eigenvalue weighted by Gasteiger charge is 2.31. The summed E-state index contributed by atoms with van der Waals surface area (Å²) in [6.07, 6.45) is 16.1. The molecule has 1 aliphatic carbocycles. The van der Waals surface area contributed by atoms with E-state index >= 15 is 0 Å². The summed E-state index contributed by atoms with van der Waals surface area (Å²) in [6, 6.07) is 46.2. The van der Waals surface area contributed by atoms with Gasteiger partial charge in [-0.1, -0.05) is 165 Å². The molecule has 0 saturated heterocycles.